The smallest absolute Gasteiger partial charge is 0.234 e. The van der Waals surface area contributed by atoms with Gasteiger partial charge in [-0.3, -0.25) is 9.69 Å². The Morgan fingerprint density at radius 1 is 0.771 bits per heavy atom. The summed E-state index contributed by atoms with van der Waals surface area (Å²) in [6.45, 7) is 9.13. The Labute approximate surface area is 229 Å². The van der Waals surface area contributed by atoms with Gasteiger partial charge < -0.3 is 10.1 Å². The van der Waals surface area contributed by atoms with Crippen molar-refractivity contribution in [3.63, 3.8) is 0 Å². The Balaban J connectivity index is 4.41. The molecule has 0 heterocycles. The van der Waals surface area contributed by atoms with Crippen molar-refractivity contribution in [2.24, 2.45) is 11.8 Å². The first-order valence-electron chi connectivity index (χ1n) is 14.6. The minimum absolute atomic E-state index is 0.0967. The monoisotopic (exact) mass is 530 g/mol. The van der Waals surface area contributed by atoms with E-state index in [1.54, 1.807) is 6.92 Å². The van der Waals surface area contributed by atoms with E-state index in [9.17, 15) is 9.59 Å². The third kappa shape index (κ3) is 23.9. The topological polar surface area (TPSA) is 49.4 Å². The molecule has 0 aromatic rings. The summed E-state index contributed by atoms with van der Waals surface area (Å²) in [7, 11) is 0. The van der Waals surface area contributed by atoms with Crippen LogP contribution in [0.3, 0.4) is 0 Å². The van der Waals surface area contributed by atoms with Crippen LogP contribution in [0.4, 0.5) is 0 Å². The van der Waals surface area contributed by atoms with Crippen LogP contribution in [0.5, 0.6) is 0 Å². The van der Waals surface area contributed by atoms with Crippen molar-refractivity contribution in [3.05, 3.63) is 0 Å². The van der Waals surface area contributed by atoms with Crippen molar-refractivity contribution in [2.75, 3.05) is 37.7 Å². The number of amides is 1. The average Bonchev–Trinajstić information content (AvgIpc) is 2.81. The van der Waals surface area contributed by atoms with Gasteiger partial charge in [-0.25, -0.2) is 0 Å². The minimum atomic E-state index is 0.0967. The highest BCUT2D eigenvalue weighted by Gasteiger charge is 2.13. The first-order chi connectivity index (χ1) is 16.9. The third-order valence-electron chi connectivity index (χ3n) is 6.97. The normalized spacial score (nSPS) is 13.2. The number of hydrogen-bond acceptors (Lipinski definition) is 5. The summed E-state index contributed by atoms with van der Waals surface area (Å²) < 4.78 is 0. The van der Waals surface area contributed by atoms with Crippen molar-refractivity contribution in [1.82, 2.24) is 10.2 Å². The second kappa shape index (κ2) is 25.4. The fourth-order valence-electron chi connectivity index (χ4n) is 4.99. The van der Waals surface area contributed by atoms with Crippen molar-refractivity contribution in [3.8, 4) is 0 Å². The van der Waals surface area contributed by atoms with E-state index in [0.717, 1.165) is 37.6 Å². The second-order valence-electron chi connectivity index (χ2n) is 10.6. The van der Waals surface area contributed by atoms with Gasteiger partial charge in [0, 0.05) is 31.0 Å². The zero-order valence-corrected chi connectivity index (χ0v) is 25.2. The summed E-state index contributed by atoms with van der Waals surface area (Å²) in [6.07, 6.45) is 20.4. The van der Waals surface area contributed by atoms with Crippen LogP contribution in [0.25, 0.3) is 0 Å². The van der Waals surface area contributed by atoms with Gasteiger partial charge in [0.1, 0.15) is 5.78 Å². The van der Waals surface area contributed by atoms with Gasteiger partial charge in [0.15, 0.2) is 0 Å². The fourth-order valence-corrected chi connectivity index (χ4v) is 5.38. The fraction of sp³-hybridized carbons (Fsp3) is 0.931. The van der Waals surface area contributed by atoms with E-state index < -0.39 is 0 Å². The second-order valence-corrected chi connectivity index (χ2v) is 11.5. The highest BCUT2D eigenvalue weighted by molar-refractivity contribution is 7.80. The molecule has 0 saturated carbocycles. The number of unbranched alkanes of at least 4 members (excludes halogenated alkanes) is 8. The van der Waals surface area contributed by atoms with E-state index in [1.165, 1.54) is 89.9 Å². The molecule has 2 atom stereocenters. The van der Waals surface area contributed by atoms with E-state index in [1.807, 2.05) is 0 Å². The van der Waals surface area contributed by atoms with Gasteiger partial charge in [0.25, 0.3) is 0 Å². The van der Waals surface area contributed by atoms with Crippen LogP contribution in [0.1, 0.15) is 124 Å². The Kier molecular flexibility index (Phi) is 25.3. The minimum Gasteiger partial charge on any atom is -0.354 e. The van der Waals surface area contributed by atoms with Crippen LogP contribution in [0.15, 0.2) is 0 Å². The number of ketones is 1. The molecule has 0 aromatic heterocycles. The first kappa shape index (κ1) is 34.8. The highest BCUT2D eigenvalue weighted by Crippen LogP contribution is 2.24. The van der Waals surface area contributed by atoms with E-state index >= 15 is 0 Å². The summed E-state index contributed by atoms with van der Waals surface area (Å²) in [5.41, 5.74) is 0. The maximum absolute atomic E-state index is 12.1. The molecule has 0 spiro atoms. The molecule has 0 aliphatic rings. The first-order valence-corrected chi connectivity index (χ1v) is 15.9. The molecule has 0 bridgehead atoms. The molecule has 6 heteroatoms. The molecule has 0 fully saturated rings. The molecule has 35 heavy (non-hydrogen) atoms. The lowest BCUT2D eigenvalue weighted by Gasteiger charge is -2.23. The highest BCUT2D eigenvalue weighted by atomic mass is 32.1. The van der Waals surface area contributed by atoms with E-state index in [0.29, 0.717) is 30.5 Å². The largest absolute Gasteiger partial charge is 0.354 e. The van der Waals surface area contributed by atoms with Crippen LogP contribution >= 0.6 is 25.3 Å². The van der Waals surface area contributed by atoms with Gasteiger partial charge in [0.05, 0.1) is 6.54 Å². The lowest BCUT2D eigenvalue weighted by atomic mass is 9.89. The Bertz CT molecular complexity index is 505. The zero-order valence-electron chi connectivity index (χ0n) is 23.4. The van der Waals surface area contributed by atoms with Crippen LogP contribution < -0.4 is 5.32 Å². The Morgan fingerprint density at radius 3 is 1.94 bits per heavy atom. The molecule has 1 amide bonds. The molecule has 208 valence electrons. The van der Waals surface area contributed by atoms with Gasteiger partial charge >= 0.3 is 0 Å². The average molecular weight is 531 g/mol. The van der Waals surface area contributed by atoms with Crippen molar-refractivity contribution in [1.29, 1.82) is 0 Å². The lowest BCUT2D eigenvalue weighted by Crippen LogP contribution is -2.39. The quantitative estimate of drug-likeness (QED) is 0.0808. The predicted octanol–water partition coefficient (Wildman–Crippen LogP) is 7.37. The maximum atomic E-state index is 12.1. The summed E-state index contributed by atoms with van der Waals surface area (Å²) >= 11 is 8.57. The summed E-state index contributed by atoms with van der Waals surface area (Å²) in [4.78, 5) is 25.7. The molecule has 1 N–H and O–H groups in total. The van der Waals surface area contributed by atoms with Gasteiger partial charge in [-0.05, 0) is 38.1 Å². The summed E-state index contributed by atoms with van der Waals surface area (Å²) in [5.74, 6) is 3.20. The van der Waals surface area contributed by atoms with Crippen LogP contribution in [0, 0.1) is 11.8 Å². The SMILES string of the molecule is CCCCCCCCCC(CCCCCC(C)CC(C)=O)CCCN(CCS)CC(=O)NCCS. The van der Waals surface area contributed by atoms with Crippen LogP contribution in [-0.2, 0) is 9.59 Å². The van der Waals surface area contributed by atoms with Gasteiger partial charge in [-0.2, -0.15) is 25.3 Å². The summed E-state index contributed by atoms with van der Waals surface area (Å²) in [5, 5.41) is 2.93. The maximum Gasteiger partial charge on any atom is 0.234 e. The number of nitrogens with one attached hydrogen (secondary N) is 1. The Hall–Kier alpha value is -0.200. The predicted molar refractivity (Wildman–Crippen MR) is 160 cm³/mol. The molecule has 0 saturated heterocycles. The molecule has 4 nitrogen and oxygen atoms in total. The summed E-state index contributed by atoms with van der Waals surface area (Å²) in [6, 6.07) is 0. The molecule has 0 aliphatic heterocycles. The van der Waals surface area contributed by atoms with Crippen molar-refractivity contribution < 1.29 is 9.59 Å². The number of thiol groups is 2. The molecular formula is C29H58N2O2S2. The van der Waals surface area contributed by atoms with E-state index in [-0.39, 0.29) is 5.91 Å². The molecule has 2 unspecified atom stereocenters. The molecule has 0 rings (SSSR count). The zero-order chi connectivity index (χ0) is 26.2. The Morgan fingerprint density at radius 2 is 1.34 bits per heavy atom. The van der Waals surface area contributed by atoms with Crippen molar-refractivity contribution >= 4 is 36.9 Å². The number of nitrogens with zero attached hydrogens (tertiary/aromatic N) is 1. The number of hydrogen-bond donors (Lipinski definition) is 3. The molecule has 0 aromatic carbocycles. The van der Waals surface area contributed by atoms with E-state index in [4.69, 9.17) is 0 Å². The molecule has 0 aliphatic carbocycles. The van der Waals surface area contributed by atoms with E-state index in [2.05, 4.69) is 49.3 Å². The molecule has 0 radical (unpaired) electrons. The van der Waals surface area contributed by atoms with Crippen molar-refractivity contribution in [2.45, 2.75) is 124 Å². The van der Waals surface area contributed by atoms with Crippen LogP contribution in [0.2, 0.25) is 0 Å². The standard InChI is InChI=1S/C29H58N2O2S2/c1-4-5-6-7-8-9-12-16-28(17-13-10-11-15-26(2)24-27(3)32)18-14-20-31(21-23-35)25-29(33)30-19-22-34/h26,28,34-35H,4-25H2,1-3H3,(H,30,33). The number of Topliss-reactive ketones (excluding diaryl/α,β-unsaturated/α-hetero) is 1. The number of rotatable bonds is 26. The van der Waals surface area contributed by atoms with Gasteiger partial charge in [-0.15, -0.1) is 0 Å². The third-order valence-corrected chi connectivity index (χ3v) is 7.39. The number of carbonyl (C=O) groups excluding carboxylic acids is 2. The lowest BCUT2D eigenvalue weighted by molar-refractivity contribution is -0.122. The number of carbonyl (C=O) groups is 2. The van der Waals surface area contributed by atoms with Gasteiger partial charge in [0.2, 0.25) is 5.91 Å². The van der Waals surface area contributed by atoms with Gasteiger partial charge in [-0.1, -0.05) is 97.3 Å². The van der Waals surface area contributed by atoms with Crippen LogP contribution in [-0.4, -0.2) is 54.3 Å². The molecular weight excluding hydrogens is 472 g/mol.